The van der Waals surface area contributed by atoms with Gasteiger partial charge in [-0.25, -0.2) is 0 Å². The molecule has 14 heteroatoms. The molecule has 10 aromatic carbocycles. The van der Waals surface area contributed by atoms with Crippen molar-refractivity contribution in [3.63, 3.8) is 0 Å². The minimum atomic E-state index is -0.666. The summed E-state index contributed by atoms with van der Waals surface area (Å²) < 4.78 is 0. The molecule has 14 nitrogen and oxygen atoms in total. The van der Waals surface area contributed by atoms with E-state index in [-0.39, 0.29) is 75.8 Å². The summed E-state index contributed by atoms with van der Waals surface area (Å²) in [6, 6.07) is 119. The fraction of sp³-hybridized carbons (Fsp3) is 0.219. The summed E-state index contributed by atoms with van der Waals surface area (Å²) in [5.41, 5.74) is 35.1. The Balaban J connectivity index is 0.000000139. The van der Waals surface area contributed by atoms with Crippen LogP contribution < -0.4 is 0 Å². The Bertz CT molecular complexity index is 7360. The van der Waals surface area contributed by atoms with Crippen LogP contribution in [0.4, 0.5) is 0 Å². The van der Waals surface area contributed by atoms with Gasteiger partial charge in [0.1, 0.15) is 6.10 Å². The average Bonchev–Trinajstić information content (AvgIpc) is 1.61. The second-order valence-electron chi connectivity index (χ2n) is 39.9. The van der Waals surface area contributed by atoms with Gasteiger partial charge >= 0.3 is 0 Å². The summed E-state index contributed by atoms with van der Waals surface area (Å²) in [7, 11) is 0. The Labute approximate surface area is 835 Å². The predicted molar refractivity (Wildman–Crippen MR) is 581 cm³/mol. The van der Waals surface area contributed by atoms with Crippen molar-refractivity contribution in [2.75, 3.05) is 6.54 Å². The molecule has 17 aromatic rings. The monoisotopic (exact) mass is 1870 g/mol. The number of nitrogens with zero attached hydrogens (tertiary/aromatic N) is 3. The zero-order valence-electron chi connectivity index (χ0n) is 83.7. The summed E-state index contributed by atoms with van der Waals surface area (Å²) in [6.45, 7) is 30.8. The van der Waals surface area contributed by atoms with Gasteiger partial charge in [-0.1, -0.05) is 351 Å². The van der Waals surface area contributed by atoms with Crippen LogP contribution in [0.5, 0.6) is 0 Å². The van der Waals surface area contributed by atoms with E-state index in [0.29, 0.717) is 40.3 Å². The van der Waals surface area contributed by atoms with Crippen LogP contribution in [-0.2, 0) is 23.7 Å². The van der Waals surface area contributed by atoms with Crippen LogP contribution in [0.3, 0.4) is 0 Å². The largest absolute Gasteiger partial charge is 0.382 e. The van der Waals surface area contributed by atoms with Gasteiger partial charge < -0.3 is 40.0 Å². The van der Waals surface area contributed by atoms with Gasteiger partial charge in [0.2, 0.25) is 17.3 Å². The second-order valence-corrected chi connectivity index (χ2v) is 39.9. The van der Waals surface area contributed by atoms with E-state index in [4.69, 9.17) is 15.0 Å². The number of aryl methyl sites for hydroxylation is 6. The van der Waals surface area contributed by atoms with E-state index in [0.717, 1.165) is 115 Å². The number of nitrogens with one attached hydrogen (secondary N) is 7. The molecule has 20 rings (SSSR count). The number of hydrogen-bond acceptors (Lipinski definition) is 7. The molecule has 0 radical (unpaired) electrons. The summed E-state index contributed by atoms with van der Waals surface area (Å²) in [6.07, 6.45) is 13.9. The number of carbonyl (C=O) groups is 3. The van der Waals surface area contributed by atoms with Gasteiger partial charge in [-0.05, 0) is 230 Å². The predicted octanol–water partition coefficient (Wildman–Crippen LogP) is 28.5. The van der Waals surface area contributed by atoms with Gasteiger partial charge in [-0.3, -0.25) is 29.4 Å². The molecule has 9 atom stereocenters. The van der Waals surface area contributed by atoms with Crippen molar-refractivity contribution in [1.82, 2.24) is 34.9 Å². The number of benzene rings is 10. The Morgan fingerprint density at radius 2 is 0.585 bits per heavy atom. The van der Waals surface area contributed by atoms with Crippen molar-refractivity contribution < 1.29 is 19.5 Å². The molecular weight excluding hydrogens is 1740 g/mol. The van der Waals surface area contributed by atoms with Gasteiger partial charge in [0, 0.05) is 96.5 Å². The van der Waals surface area contributed by atoms with E-state index in [1.807, 2.05) is 172 Å². The first-order valence-electron chi connectivity index (χ1n) is 49.7. The Morgan fingerprint density at radius 1 is 0.303 bits per heavy atom. The Hall–Kier alpha value is -15.6. The van der Waals surface area contributed by atoms with Gasteiger partial charge in [0.05, 0.1) is 71.2 Å². The molecule has 0 spiro atoms. The zero-order chi connectivity index (χ0) is 99.3. The first kappa shape index (κ1) is 98.0. The zero-order valence-corrected chi connectivity index (χ0v) is 83.7. The fourth-order valence-corrected chi connectivity index (χ4v) is 19.2. The van der Waals surface area contributed by atoms with Crippen LogP contribution in [0.2, 0.25) is 0 Å². The molecule has 7 aromatic heterocycles. The molecule has 3 aliphatic heterocycles. The molecule has 0 bridgehead atoms. The lowest BCUT2D eigenvalue weighted by Crippen LogP contribution is -2.14. The minimum absolute atomic E-state index is 0.00494. The first-order chi connectivity index (χ1) is 68.6. The molecule has 0 saturated heterocycles. The summed E-state index contributed by atoms with van der Waals surface area (Å²) in [5.74, 6) is -0.199. The van der Waals surface area contributed by atoms with Crippen LogP contribution in [0.15, 0.2) is 397 Å². The van der Waals surface area contributed by atoms with E-state index >= 15 is 0 Å². The maximum Gasteiger partial charge on any atom is 0.209 e. The second kappa shape index (κ2) is 43.8. The molecule has 0 amide bonds. The molecular formula is C128H128N10O4. The van der Waals surface area contributed by atoms with Crippen molar-refractivity contribution in [3.8, 4) is 0 Å². The molecule has 0 aliphatic carbocycles. The van der Waals surface area contributed by atoms with Crippen LogP contribution >= 0.6 is 0 Å². The fourth-order valence-electron chi connectivity index (χ4n) is 19.2. The number of ketones is 3. The molecule has 10 heterocycles. The van der Waals surface area contributed by atoms with Crippen LogP contribution in [0.25, 0.3) is 0 Å². The highest BCUT2D eigenvalue weighted by molar-refractivity contribution is 6.10. The van der Waals surface area contributed by atoms with Crippen molar-refractivity contribution >= 4 is 34.5 Å². The maximum absolute atomic E-state index is 13.7. The smallest absolute Gasteiger partial charge is 0.209 e. The van der Waals surface area contributed by atoms with Crippen molar-refractivity contribution in [2.45, 2.75) is 174 Å². The quantitative estimate of drug-likeness (QED) is 0.0224. The summed E-state index contributed by atoms with van der Waals surface area (Å²) in [5, 5.41) is 10.8. The highest BCUT2D eigenvalue weighted by Gasteiger charge is 2.33. The van der Waals surface area contributed by atoms with Crippen molar-refractivity contribution in [2.24, 2.45) is 15.0 Å². The number of H-pyrrole nitrogens is 7. The molecule has 8 N–H and O–H groups in total. The molecule has 142 heavy (non-hydrogen) atoms. The van der Waals surface area contributed by atoms with E-state index in [9.17, 15) is 19.5 Å². The number of rotatable bonds is 28. The Morgan fingerprint density at radius 3 is 0.923 bits per heavy atom. The molecule has 714 valence electrons. The lowest BCUT2D eigenvalue weighted by atomic mass is 9.84. The maximum atomic E-state index is 13.7. The molecule has 0 fully saturated rings. The van der Waals surface area contributed by atoms with Crippen molar-refractivity contribution in [3.05, 3.63) is 557 Å². The van der Waals surface area contributed by atoms with E-state index < -0.39 is 6.10 Å². The van der Waals surface area contributed by atoms with E-state index in [1.165, 1.54) is 55.6 Å². The SMILES string of the molecule is CCc1ccc(C(=O)c2ccc(C(C3=NCC=C3)c3ccc(C(C)(C)C)cc3)[nH]2)cc1.CCc1ccc(C(=O)c2ccc(C(c3ccc(C(C)(C)C)cc3)c3ccc(C(c4ccc(C)cc4)c4ccc(C(C5=NC(C)C=C5)c5ccccc5)[nH]4)[nH]3)[nH]2)cc1.Cc1ccc(C(=O)c2ccc(C(C3=NC(C)C=C3)c3ccccc3)[nH]2)cc1.Cc1ccc(C(O)c2ccc(C(c3ccccc3)c3ccc(C)[nH]3)[nH]2)cc1. The van der Waals surface area contributed by atoms with Gasteiger partial charge in [-0.15, -0.1) is 0 Å². The first-order valence-corrected chi connectivity index (χ1v) is 49.7. The minimum Gasteiger partial charge on any atom is -0.382 e. The van der Waals surface area contributed by atoms with Crippen molar-refractivity contribution in [1.29, 1.82) is 0 Å². The van der Waals surface area contributed by atoms with Gasteiger partial charge in [0.15, 0.2) is 0 Å². The molecule has 3 aliphatic rings. The average molecular weight is 1870 g/mol. The third kappa shape index (κ3) is 23.1. The number of aliphatic hydroxyl groups is 1. The number of aliphatic hydroxyl groups excluding tert-OH is 1. The lowest BCUT2D eigenvalue weighted by molar-refractivity contribution is 0.102. The van der Waals surface area contributed by atoms with Gasteiger partial charge in [-0.2, -0.15) is 0 Å². The number of aliphatic imine (C=N–C) groups is 3. The standard InChI is InChI=1S/C52H52N4O.C28H30N2O.C24H24N2O.C24H22N2O/c1-7-35-16-20-39(21-17-35)51(57)47-32-31-46(56-47)50(38-22-24-40(25-23-38)52(4,5)6)45-30-29-44(55-45)49(37-18-13-33(2)14-19-37)43-28-27-42(54-43)48(36-11-9-8-10-12-36)41-26-15-34(3)53-41;1-5-19-8-10-21(11-9-19)27(31)25-17-16-24(30-25)26(23-7-6-18-29-23)20-12-14-22(15-13-20)28(2,3)4;2*1-16-8-11-19(12-9-16)24(27)22-15-14-21(26-22)23(18-6-4-3-5-7-18)20-13-10-17(2)25-20/h8-32,34,48-50,54-56H,7H2,1-6H3;6-17,26,30H,5,18H2,1-4H3;3-15,23-27H,1-2H3;3-15,17,23,26H,1-2H3. The van der Waals surface area contributed by atoms with Gasteiger partial charge in [0.25, 0.3) is 0 Å². The van der Waals surface area contributed by atoms with Crippen LogP contribution in [0.1, 0.15) is 300 Å². The third-order valence-electron chi connectivity index (χ3n) is 27.3. The van der Waals surface area contributed by atoms with E-state index in [2.05, 4.69) is 342 Å². The Kier molecular flexibility index (Phi) is 30.2. The highest BCUT2D eigenvalue weighted by atomic mass is 16.3. The molecule has 9 unspecified atom stereocenters. The number of carbonyl (C=O) groups excluding carboxylic acids is 3. The topological polar surface area (TPSA) is 219 Å². The summed E-state index contributed by atoms with van der Waals surface area (Å²) in [4.78, 5) is 79.1. The summed E-state index contributed by atoms with van der Waals surface area (Å²) >= 11 is 0. The third-order valence-corrected chi connectivity index (χ3v) is 27.3. The van der Waals surface area contributed by atoms with E-state index in [1.54, 1.807) is 0 Å². The van der Waals surface area contributed by atoms with Crippen LogP contribution in [-0.4, -0.2) is 93.1 Å². The lowest BCUT2D eigenvalue weighted by Gasteiger charge is -2.22. The van der Waals surface area contributed by atoms with Crippen LogP contribution in [0, 0.1) is 27.7 Å². The number of hydrogen-bond donors (Lipinski definition) is 8. The number of allylic oxidation sites excluding steroid dienone is 3. The highest BCUT2D eigenvalue weighted by Crippen LogP contribution is 2.42. The number of aromatic nitrogens is 7. The number of aromatic amines is 7. The normalized spacial score (nSPS) is 15.2. The molecule has 0 saturated carbocycles.